The van der Waals surface area contributed by atoms with Crippen LogP contribution in [0, 0.1) is 16.7 Å². The number of hydrogen-bond acceptors (Lipinski definition) is 2. The summed E-state index contributed by atoms with van der Waals surface area (Å²) in [6, 6.07) is 0. The number of allylic oxidation sites excluding steroid dienone is 1. The highest BCUT2D eigenvalue weighted by molar-refractivity contribution is 5.27. The molecule has 102 valence electrons. The second-order valence-corrected chi connectivity index (χ2v) is 6.65. The Morgan fingerprint density at radius 3 is 2.83 bits per heavy atom. The average Bonchev–Trinajstić information content (AvgIpc) is 2.31. The van der Waals surface area contributed by atoms with Crippen molar-refractivity contribution in [1.29, 1.82) is 0 Å². The van der Waals surface area contributed by atoms with E-state index in [1.807, 2.05) is 12.2 Å². The van der Waals surface area contributed by atoms with Crippen LogP contribution in [-0.2, 0) is 0 Å². The van der Waals surface area contributed by atoms with E-state index in [0.717, 1.165) is 25.7 Å². The predicted molar refractivity (Wildman–Crippen MR) is 74.2 cm³/mol. The Hall–Kier alpha value is -0.600. The number of hydrogen-bond donors (Lipinski definition) is 2. The molecule has 0 aromatic heterocycles. The zero-order valence-electron chi connectivity index (χ0n) is 11.7. The topological polar surface area (TPSA) is 40.5 Å². The zero-order valence-corrected chi connectivity index (χ0v) is 11.7. The molecule has 0 bridgehead atoms. The fourth-order valence-electron chi connectivity index (χ4n) is 4.01. The summed E-state index contributed by atoms with van der Waals surface area (Å²) in [7, 11) is 0. The van der Waals surface area contributed by atoms with Gasteiger partial charge in [-0.25, -0.2) is 0 Å². The molecule has 0 heterocycles. The Morgan fingerprint density at radius 2 is 2.22 bits per heavy atom. The lowest BCUT2D eigenvalue weighted by molar-refractivity contribution is -0.0360. The first-order valence-electron chi connectivity index (χ1n) is 7.08. The molecule has 0 amide bonds. The van der Waals surface area contributed by atoms with E-state index in [2.05, 4.69) is 20.4 Å². The minimum Gasteiger partial charge on any atom is -0.395 e. The van der Waals surface area contributed by atoms with Crippen LogP contribution < -0.4 is 0 Å². The monoisotopic (exact) mass is 250 g/mol. The van der Waals surface area contributed by atoms with Gasteiger partial charge in [-0.05, 0) is 43.4 Å². The lowest BCUT2D eigenvalue weighted by Crippen LogP contribution is -2.50. The summed E-state index contributed by atoms with van der Waals surface area (Å²) in [5, 5.41) is 20.2. The fraction of sp³-hybridized carbons (Fsp3) is 0.750. The number of aliphatic hydroxyl groups excluding tert-OH is 2. The Morgan fingerprint density at radius 1 is 1.50 bits per heavy atom. The van der Waals surface area contributed by atoms with Crippen LogP contribution in [0.1, 0.15) is 46.0 Å². The van der Waals surface area contributed by atoms with Crippen LogP contribution in [0.15, 0.2) is 24.3 Å². The Bertz CT molecular complexity index is 356. The van der Waals surface area contributed by atoms with Crippen molar-refractivity contribution in [2.75, 3.05) is 6.61 Å². The summed E-state index contributed by atoms with van der Waals surface area (Å²) in [4.78, 5) is 0. The Labute approximate surface area is 110 Å². The molecule has 0 radical (unpaired) electrons. The summed E-state index contributed by atoms with van der Waals surface area (Å²) in [5.74, 6) is 0.204. The highest BCUT2D eigenvalue weighted by atomic mass is 16.3. The maximum atomic E-state index is 10.2. The maximum Gasteiger partial charge on any atom is 0.0755 e. The van der Waals surface area contributed by atoms with Gasteiger partial charge in [0.1, 0.15) is 0 Å². The molecule has 0 aromatic carbocycles. The van der Waals surface area contributed by atoms with Crippen molar-refractivity contribution in [1.82, 2.24) is 0 Å². The van der Waals surface area contributed by atoms with Crippen molar-refractivity contribution in [3.63, 3.8) is 0 Å². The molecule has 2 aliphatic carbocycles. The van der Waals surface area contributed by atoms with Crippen molar-refractivity contribution in [3.8, 4) is 0 Å². The quantitative estimate of drug-likeness (QED) is 0.756. The van der Waals surface area contributed by atoms with E-state index < -0.39 is 0 Å². The van der Waals surface area contributed by atoms with Crippen molar-refractivity contribution in [2.24, 2.45) is 16.7 Å². The van der Waals surface area contributed by atoms with E-state index in [4.69, 9.17) is 0 Å². The van der Waals surface area contributed by atoms with E-state index in [1.165, 1.54) is 12.0 Å². The van der Waals surface area contributed by atoms with Crippen LogP contribution in [0.5, 0.6) is 0 Å². The zero-order chi connectivity index (χ0) is 13.4. The van der Waals surface area contributed by atoms with Gasteiger partial charge in [-0.2, -0.15) is 0 Å². The molecule has 0 aromatic rings. The van der Waals surface area contributed by atoms with Gasteiger partial charge >= 0.3 is 0 Å². The van der Waals surface area contributed by atoms with Gasteiger partial charge < -0.3 is 10.2 Å². The van der Waals surface area contributed by atoms with Gasteiger partial charge in [0.05, 0.1) is 12.7 Å². The van der Waals surface area contributed by atoms with Gasteiger partial charge in [-0.1, -0.05) is 31.6 Å². The first-order valence-corrected chi connectivity index (χ1v) is 7.08. The standard InChI is InChI=1S/C16H26O2/c1-4-6-12-10-16(11-17)13(9-14(12)18)7-5-8-15(16,2)3/h4,9,12,14,17-18H,1,5-8,10-11H2,2-3H3/t12-,14?,16+/m0/s1. The van der Waals surface area contributed by atoms with Crippen molar-refractivity contribution < 1.29 is 10.2 Å². The van der Waals surface area contributed by atoms with Crippen LogP contribution >= 0.6 is 0 Å². The third-order valence-electron chi connectivity index (χ3n) is 5.36. The molecule has 1 saturated carbocycles. The highest BCUT2D eigenvalue weighted by Crippen LogP contribution is 2.58. The molecule has 3 atom stereocenters. The Kier molecular flexibility index (Phi) is 3.70. The second-order valence-electron chi connectivity index (χ2n) is 6.65. The molecule has 0 spiro atoms. The van der Waals surface area contributed by atoms with Crippen LogP contribution in [0.2, 0.25) is 0 Å². The molecule has 2 aliphatic rings. The van der Waals surface area contributed by atoms with E-state index in [-0.39, 0.29) is 29.5 Å². The SMILES string of the molecule is C=CC[C@H]1C[C@@]2(CO)C(=CC1O)CCCC2(C)C. The second kappa shape index (κ2) is 4.82. The van der Waals surface area contributed by atoms with Crippen molar-refractivity contribution >= 4 is 0 Å². The molecule has 2 rings (SSSR count). The molecule has 0 saturated heterocycles. The van der Waals surface area contributed by atoms with E-state index in [0.29, 0.717) is 0 Å². The fourth-order valence-corrected chi connectivity index (χ4v) is 4.01. The van der Waals surface area contributed by atoms with Gasteiger partial charge in [-0.15, -0.1) is 6.58 Å². The van der Waals surface area contributed by atoms with E-state index in [9.17, 15) is 10.2 Å². The molecule has 2 heteroatoms. The summed E-state index contributed by atoms with van der Waals surface area (Å²) in [6.45, 7) is 8.51. The Balaban J connectivity index is 2.40. The van der Waals surface area contributed by atoms with E-state index >= 15 is 0 Å². The van der Waals surface area contributed by atoms with Gasteiger partial charge in [0.15, 0.2) is 0 Å². The third-order valence-corrected chi connectivity index (χ3v) is 5.36. The lowest BCUT2D eigenvalue weighted by Gasteiger charge is -2.55. The average molecular weight is 250 g/mol. The van der Waals surface area contributed by atoms with E-state index in [1.54, 1.807) is 0 Å². The molecule has 2 nitrogen and oxygen atoms in total. The lowest BCUT2D eigenvalue weighted by atomic mass is 9.50. The molecular formula is C16H26O2. The smallest absolute Gasteiger partial charge is 0.0755 e. The van der Waals surface area contributed by atoms with Gasteiger partial charge in [0.2, 0.25) is 0 Å². The van der Waals surface area contributed by atoms with Crippen molar-refractivity contribution in [2.45, 2.75) is 52.1 Å². The summed E-state index contributed by atoms with van der Waals surface area (Å²) >= 11 is 0. The molecule has 2 N–H and O–H groups in total. The van der Waals surface area contributed by atoms with Crippen LogP contribution in [-0.4, -0.2) is 22.9 Å². The predicted octanol–water partition coefficient (Wildman–Crippen LogP) is 3.06. The summed E-state index contributed by atoms with van der Waals surface area (Å²) in [6.07, 6.45) is 8.59. The largest absolute Gasteiger partial charge is 0.395 e. The van der Waals surface area contributed by atoms with Crippen LogP contribution in [0.4, 0.5) is 0 Å². The molecule has 0 aliphatic heterocycles. The molecule has 1 unspecified atom stereocenters. The number of fused-ring (bicyclic) bond motifs is 1. The van der Waals surface area contributed by atoms with Gasteiger partial charge in [-0.3, -0.25) is 0 Å². The molecular weight excluding hydrogens is 224 g/mol. The van der Waals surface area contributed by atoms with Crippen LogP contribution in [0.3, 0.4) is 0 Å². The molecule has 1 fully saturated rings. The first kappa shape index (κ1) is 13.8. The minimum absolute atomic E-state index is 0.116. The van der Waals surface area contributed by atoms with Gasteiger partial charge in [0.25, 0.3) is 0 Å². The number of aliphatic hydroxyl groups is 2. The first-order chi connectivity index (χ1) is 8.47. The minimum atomic E-state index is -0.369. The normalized spacial score (nSPS) is 38.8. The van der Waals surface area contributed by atoms with Crippen molar-refractivity contribution in [3.05, 3.63) is 24.3 Å². The molecule has 18 heavy (non-hydrogen) atoms. The highest BCUT2D eigenvalue weighted by Gasteiger charge is 2.52. The van der Waals surface area contributed by atoms with Crippen LogP contribution in [0.25, 0.3) is 0 Å². The summed E-state index contributed by atoms with van der Waals surface area (Å²) < 4.78 is 0. The third kappa shape index (κ3) is 1.96. The maximum absolute atomic E-state index is 10.2. The van der Waals surface area contributed by atoms with Gasteiger partial charge in [0, 0.05) is 5.41 Å². The number of rotatable bonds is 3. The summed E-state index contributed by atoms with van der Waals surface area (Å²) in [5.41, 5.74) is 1.28.